The summed E-state index contributed by atoms with van der Waals surface area (Å²) in [6, 6.07) is -0.116. The van der Waals surface area contributed by atoms with Crippen LogP contribution in [0.25, 0.3) is 11.2 Å². The van der Waals surface area contributed by atoms with Gasteiger partial charge in [0.1, 0.15) is 0 Å². The molecule has 0 aliphatic rings. The SMILES string of the molecule is CC(C)n1c(F)nc2c(=O)[nH]cnc21. The van der Waals surface area contributed by atoms with Crippen LogP contribution in [0, 0.1) is 6.08 Å². The van der Waals surface area contributed by atoms with Crippen molar-refractivity contribution < 1.29 is 4.39 Å². The van der Waals surface area contributed by atoms with Crippen molar-refractivity contribution in [2.24, 2.45) is 0 Å². The number of aromatic nitrogens is 4. The Labute approximate surface area is 78.6 Å². The fourth-order valence-corrected chi connectivity index (χ4v) is 1.35. The molecule has 5 nitrogen and oxygen atoms in total. The molecule has 2 rings (SSSR count). The number of nitrogens with zero attached hydrogens (tertiary/aromatic N) is 3. The van der Waals surface area contributed by atoms with Crippen molar-refractivity contribution in [3.8, 4) is 0 Å². The largest absolute Gasteiger partial charge is 0.311 e. The second-order valence-corrected chi connectivity index (χ2v) is 3.25. The molecular weight excluding hydrogens is 187 g/mol. The third-order valence-electron chi connectivity index (χ3n) is 1.96. The average molecular weight is 196 g/mol. The zero-order chi connectivity index (χ0) is 10.3. The highest BCUT2D eigenvalue weighted by molar-refractivity contribution is 5.69. The minimum atomic E-state index is -0.681. The van der Waals surface area contributed by atoms with E-state index in [0.29, 0.717) is 0 Å². The lowest BCUT2D eigenvalue weighted by Crippen LogP contribution is -2.08. The van der Waals surface area contributed by atoms with Crippen molar-refractivity contribution in [2.75, 3.05) is 0 Å². The Morgan fingerprint density at radius 1 is 1.57 bits per heavy atom. The van der Waals surface area contributed by atoms with Crippen LogP contribution in [0.4, 0.5) is 4.39 Å². The summed E-state index contributed by atoms with van der Waals surface area (Å²) in [4.78, 5) is 21.0. The Balaban J connectivity index is 2.91. The van der Waals surface area contributed by atoms with Crippen molar-refractivity contribution in [2.45, 2.75) is 19.9 Å². The Hall–Kier alpha value is -1.72. The van der Waals surface area contributed by atoms with Crippen LogP contribution < -0.4 is 5.56 Å². The van der Waals surface area contributed by atoms with Crippen LogP contribution in [0.5, 0.6) is 0 Å². The summed E-state index contributed by atoms with van der Waals surface area (Å²) >= 11 is 0. The molecule has 0 aromatic carbocycles. The van der Waals surface area contributed by atoms with E-state index in [1.54, 1.807) is 13.8 Å². The van der Waals surface area contributed by atoms with Crippen molar-refractivity contribution in [1.29, 1.82) is 0 Å². The van der Waals surface area contributed by atoms with Gasteiger partial charge in [-0.25, -0.2) is 4.98 Å². The van der Waals surface area contributed by atoms with E-state index < -0.39 is 11.6 Å². The fourth-order valence-electron chi connectivity index (χ4n) is 1.35. The van der Waals surface area contributed by atoms with Gasteiger partial charge in [-0.15, -0.1) is 0 Å². The minimum absolute atomic E-state index is 0.0405. The van der Waals surface area contributed by atoms with Crippen LogP contribution in [0.3, 0.4) is 0 Å². The molecule has 6 heteroatoms. The maximum absolute atomic E-state index is 13.3. The summed E-state index contributed by atoms with van der Waals surface area (Å²) in [7, 11) is 0. The summed E-state index contributed by atoms with van der Waals surface area (Å²) in [5.41, 5.74) is -0.103. The van der Waals surface area contributed by atoms with Crippen LogP contribution in [0.1, 0.15) is 19.9 Å². The quantitative estimate of drug-likeness (QED) is 0.687. The number of hydrogen-bond donors (Lipinski definition) is 1. The molecule has 0 aliphatic heterocycles. The van der Waals surface area contributed by atoms with E-state index in [4.69, 9.17) is 0 Å². The molecule has 2 aromatic rings. The molecular formula is C8H9FN4O. The van der Waals surface area contributed by atoms with Gasteiger partial charge in [-0.2, -0.15) is 9.37 Å². The predicted molar refractivity (Wildman–Crippen MR) is 48.5 cm³/mol. The summed E-state index contributed by atoms with van der Waals surface area (Å²) in [5, 5.41) is 0. The molecule has 0 bridgehead atoms. The molecule has 74 valence electrons. The molecule has 0 saturated carbocycles. The second kappa shape index (κ2) is 2.90. The first-order chi connectivity index (χ1) is 6.61. The number of hydrogen-bond acceptors (Lipinski definition) is 3. The van der Waals surface area contributed by atoms with Crippen molar-refractivity contribution in [3.05, 3.63) is 22.8 Å². The van der Waals surface area contributed by atoms with Crippen LogP contribution in [0.2, 0.25) is 0 Å². The lowest BCUT2D eigenvalue weighted by molar-refractivity contribution is 0.442. The molecule has 0 atom stereocenters. The minimum Gasteiger partial charge on any atom is -0.311 e. The number of rotatable bonds is 1. The van der Waals surface area contributed by atoms with Crippen molar-refractivity contribution in [1.82, 2.24) is 19.5 Å². The maximum atomic E-state index is 13.3. The van der Waals surface area contributed by atoms with Crippen molar-refractivity contribution >= 4 is 11.2 Å². The second-order valence-electron chi connectivity index (χ2n) is 3.25. The number of H-pyrrole nitrogens is 1. The molecule has 0 amide bonds. The Bertz CT molecular complexity index is 528. The molecule has 14 heavy (non-hydrogen) atoms. The Morgan fingerprint density at radius 3 is 2.93 bits per heavy atom. The van der Waals surface area contributed by atoms with Gasteiger partial charge in [-0.05, 0) is 13.8 Å². The van der Waals surface area contributed by atoms with E-state index in [1.165, 1.54) is 10.9 Å². The average Bonchev–Trinajstić information content (AvgIpc) is 2.42. The third kappa shape index (κ3) is 1.11. The highest BCUT2D eigenvalue weighted by Gasteiger charge is 2.15. The van der Waals surface area contributed by atoms with Crippen LogP contribution in [-0.4, -0.2) is 19.5 Å². The molecule has 2 aromatic heterocycles. The van der Waals surface area contributed by atoms with Crippen molar-refractivity contribution in [3.63, 3.8) is 0 Å². The summed E-state index contributed by atoms with van der Waals surface area (Å²) < 4.78 is 14.6. The van der Waals surface area contributed by atoms with Gasteiger partial charge in [0, 0.05) is 6.04 Å². The molecule has 0 unspecified atom stereocenters. The first-order valence-corrected chi connectivity index (χ1v) is 4.22. The number of aromatic amines is 1. The van der Waals surface area contributed by atoms with Gasteiger partial charge in [0.15, 0.2) is 11.2 Å². The topological polar surface area (TPSA) is 63.6 Å². The number of nitrogens with one attached hydrogen (secondary N) is 1. The van der Waals surface area contributed by atoms with E-state index in [0.717, 1.165) is 0 Å². The summed E-state index contributed by atoms with van der Waals surface area (Å²) in [5.74, 6) is 0. The first-order valence-electron chi connectivity index (χ1n) is 4.22. The molecule has 0 saturated heterocycles. The zero-order valence-corrected chi connectivity index (χ0v) is 7.78. The van der Waals surface area contributed by atoms with Gasteiger partial charge in [-0.3, -0.25) is 9.36 Å². The first kappa shape index (κ1) is 8.86. The lowest BCUT2D eigenvalue weighted by Gasteiger charge is -2.06. The van der Waals surface area contributed by atoms with E-state index in [9.17, 15) is 9.18 Å². The van der Waals surface area contributed by atoms with E-state index >= 15 is 0 Å². The third-order valence-corrected chi connectivity index (χ3v) is 1.96. The summed E-state index contributed by atoms with van der Waals surface area (Å²) in [6.45, 7) is 3.60. The maximum Gasteiger partial charge on any atom is 0.291 e. The highest BCUT2D eigenvalue weighted by Crippen LogP contribution is 2.14. The van der Waals surface area contributed by atoms with E-state index in [2.05, 4.69) is 15.0 Å². The zero-order valence-electron chi connectivity index (χ0n) is 7.78. The van der Waals surface area contributed by atoms with Crippen LogP contribution >= 0.6 is 0 Å². The number of halogens is 1. The molecule has 0 spiro atoms. The smallest absolute Gasteiger partial charge is 0.291 e. The molecule has 0 aliphatic carbocycles. The van der Waals surface area contributed by atoms with E-state index in [-0.39, 0.29) is 17.2 Å². The van der Waals surface area contributed by atoms with Gasteiger partial charge >= 0.3 is 0 Å². The monoisotopic (exact) mass is 196 g/mol. The summed E-state index contributed by atoms with van der Waals surface area (Å²) in [6.07, 6.45) is 0.559. The lowest BCUT2D eigenvalue weighted by atomic mass is 10.4. The van der Waals surface area contributed by atoms with Gasteiger partial charge in [0.2, 0.25) is 0 Å². The van der Waals surface area contributed by atoms with Crippen LogP contribution in [0.15, 0.2) is 11.1 Å². The van der Waals surface area contributed by atoms with Crippen LogP contribution in [-0.2, 0) is 0 Å². The standard InChI is InChI=1S/C8H9FN4O/c1-4(2)13-6-5(12-8(13)9)7(14)11-3-10-6/h3-4H,1-2H3,(H,10,11,14). The van der Waals surface area contributed by atoms with E-state index in [1.807, 2.05) is 0 Å². The molecule has 1 N–H and O–H groups in total. The fraction of sp³-hybridized carbons (Fsp3) is 0.375. The van der Waals surface area contributed by atoms with Gasteiger partial charge in [0.25, 0.3) is 11.6 Å². The Kier molecular flexibility index (Phi) is 1.83. The predicted octanol–water partition coefficient (Wildman–Crippen LogP) is 0.840. The number of fused-ring (bicyclic) bond motifs is 1. The highest BCUT2D eigenvalue weighted by atomic mass is 19.1. The Morgan fingerprint density at radius 2 is 2.29 bits per heavy atom. The number of imidazole rings is 1. The normalized spacial score (nSPS) is 11.4. The molecule has 2 heterocycles. The molecule has 0 fully saturated rings. The van der Waals surface area contributed by atoms with Gasteiger partial charge < -0.3 is 4.98 Å². The van der Waals surface area contributed by atoms with Gasteiger partial charge in [0.05, 0.1) is 6.33 Å². The van der Waals surface area contributed by atoms with Gasteiger partial charge in [-0.1, -0.05) is 0 Å². The molecule has 0 radical (unpaired) electrons.